The predicted octanol–water partition coefficient (Wildman–Crippen LogP) is 14.3. The second-order valence-corrected chi connectivity index (χ2v) is 19.5. The predicted molar refractivity (Wildman–Crippen MR) is 270 cm³/mol. The van der Waals surface area contributed by atoms with E-state index in [1.54, 1.807) is 6.08 Å². The smallest absolute Gasteiger partial charge is 0.268 e. The molecule has 63 heavy (non-hydrogen) atoms. The maximum atomic E-state index is 12.9. The monoisotopic (exact) mass is 901 g/mol. The van der Waals surface area contributed by atoms with E-state index in [4.69, 9.17) is 9.05 Å². The highest BCUT2D eigenvalue weighted by Crippen LogP contribution is 2.38. The van der Waals surface area contributed by atoms with E-state index >= 15 is 0 Å². The third kappa shape index (κ3) is 47.5. The van der Waals surface area contributed by atoms with Crippen LogP contribution in [0, 0.1) is 0 Å². The molecule has 0 spiro atoms. The van der Waals surface area contributed by atoms with Gasteiger partial charge in [0.2, 0.25) is 5.91 Å². The molecule has 0 aliphatic rings. The van der Waals surface area contributed by atoms with Crippen molar-refractivity contribution in [2.24, 2.45) is 0 Å². The summed E-state index contributed by atoms with van der Waals surface area (Å²) in [6, 6.07) is -0.905. The first-order valence-electron chi connectivity index (χ1n) is 25.4. The van der Waals surface area contributed by atoms with Crippen molar-refractivity contribution >= 4 is 13.7 Å². The van der Waals surface area contributed by atoms with Gasteiger partial charge in [0, 0.05) is 6.42 Å². The molecule has 0 bridgehead atoms. The van der Waals surface area contributed by atoms with Gasteiger partial charge in [0.15, 0.2) is 0 Å². The lowest BCUT2D eigenvalue weighted by molar-refractivity contribution is -0.870. The summed E-state index contributed by atoms with van der Waals surface area (Å²) in [6.07, 6.45) is 62.4. The number of phosphoric acid groups is 1. The van der Waals surface area contributed by atoms with Gasteiger partial charge in [-0.15, -0.1) is 0 Å². The van der Waals surface area contributed by atoms with E-state index in [1.807, 2.05) is 27.2 Å². The van der Waals surface area contributed by atoms with Crippen LogP contribution in [0.15, 0.2) is 85.1 Å². The average Bonchev–Trinajstić information content (AvgIpc) is 3.24. The van der Waals surface area contributed by atoms with Crippen LogP contribution < -0.4 is 10.2 Å². The van der Waals surface area contributed by atoms with Gasteiger partial charge in [0.05, 0.1) is 39.9 Å². The molecule has 0 aromatic carbocycles. The number of quaternary nitrogens is 1. The molecule has 0 saturated heterocycles. The number of nitrogens with zero attached hydrogens (tertiary/aromatic N) is 1. The number of carbonyl (C=O) groups is 1. The van der Waals surface area contributed by atoms with Crippen molar-refractivity contribution in [1.29, 1.82) is 0 Å². The number of allylic oxidation sites excluding steroid dienone is 13. The fraction of sp³-hybridized carbons (Fsp3) is 0.722. The van der Waals surface area contributed by atoms with Gasteiger partial charge >= 0.3 is 0 Å². The largest absolute Gasteiger partial charge is 0.756 e. The number of hydrogen-bond donors (Lipinski definition) is 2. The van der Waals surface area contributed by atoms with Gasteiger partial charge in [-0.1, -0.05) is 202 Å². The van der Waals surface area contributed by atoms with Crippen LogP contribution in [0.25, 0.3) is 0 Å². The number of likely N-dealkylation sites (N-methyl/N-ethyl adjacent to an activating group) is 1. The standard InChI is InChI=1S/C54H97N2O6P/c1-6-8-10-12-14-16-18-19-20-21-22-23-24-25-26-27-28-29-30-31-32-33-34-35-36-37-38-40-42-44-46-48-54(58)55-52(51-62-63(59,60)61-50-49-56(3,4)5)53(57)47-45-43-41-39-17-15-13-11-9-7-2/h8,10,14,16-17,19-20,22-23,25-26,39,45,47,52-53,57H,6-7,9,11-13,15,18,21,24,27-38,40-44,46,48-51H2,1-5H3,(H-,55,58,59,60)/b10-8-,16-14-,20-19-,23-22-,26-25-,39-17+,47-45+. The van der Waals surface area contributed by atoms with Crippen LogP contribution in [0.3, 0.4) is 0 Å². The van der Waals surface area contributed by atoms with Crippen molar-refractivity contribution in [3.8, 4) is 0 Å². The molecule has 2 N–H and O–H groups in total. The van der Waals surface area contributed by atoms with Crippen molar-refractivity contribution < 1.29 is 32.9 Å². The first-order valence-corrected chi connectivity index (χ1v) is 26.9. The van der Waals surface area contributed by atoms with E-state index in [0.29, 0.717) is 17.4 Å². The lowest BCUT2D eigenvalue weighted by Crippen LogP contribution is -2.45. The minimum Gasteiger partial charge on any atom is -0.756 e. The van der Waals surface area contributed by atoms with E-state index in [9.17, 15) is 19.4 Å². The molecule has 0 fully saturated rings. The summed E-state index contributed by atoms with van der Waals surface area (Å²) in [5, 5.41) is 13.7. The van der Waals surface area contributed by atoms with Gasteiger partial charge in [-0.05, 0) is 77.0 Å². The van der Waals surface area contributed by atoms with Crippen molar-refractivity contribution in [2.75, 3.05) is 40.9 Å². The minimum absolute atomic E-state index is 0.00938. The average molecular weight is 901 g/mol. The summed E-state index contributed by atoms with van der Waals surface area (Å²) >= 11 is 0. The third-order valence-corrected chi connectivity index (χ3v) is 11.8. The Morgan fingerprint density at radius 3 is 1.48 bits per heavy atom. The zero-order valence-electron chi connectivity index (χ0n) is 41.2. The number of aliphatic hydroxyl groups is 1. The molecule has 0 aliphatic carbocycles. The van der Waals surface area contributed by atoms with Crippen LogP contribution in [0.4, 0.5) is 0 Å². The topological polar surface area (TPSA) is 108 Å². The first-order chi connectivity index (χ1) is 30.5. The third-order valence-electron chi connectivity index (χ3n) is 10.8. The molecular weight excluding hydrogens is 804 g/mol. The lowest BCUT2D eigenvalue weighted by Gasteiger charge is -2.29. The Morgan fingerprint density at radius 2 is 0.984 bits per heavy atom. The maximum absolute atomic E-state index is 12.9. The van der Waals surface area contributed by atoms with Crippen molar-refractivity contribution in [2.45, 2.75) is 212 Å². The molecule has 3 unspecified atom stereocenters. The molecule has 0 radical (unpaired) electrons. The first kappa shape index (κ1) is 60.7. The number of aliphatic hydroxyl groups excluding tert-OH is 1. The highest BCUT2D eigenvalue weighted by Gasteiger charge is 2.23. The fourth-order valence-corrected chi connectivity index (χ4v) is 7.56. The molecule has 0 heterocycles. The van der Waals surface area contributed by atoms with E-state index in [-0.39, 0.29) is 12.5 Å². The summed E-state index contributed by atoms with van der Waals surface area (Å²) in [5.74, 6) is -0.213. The van der Waals surface area contributed by atoms with E-state index in [1.165, 1.54) is 109 Å². The van der Waals surface area contributed by atoms with Gasteiger partial charge in [-0.3, -0.25) is 9.36 Å². The number of carbonyl (C=O) groups excluding carboxylic acids is 1. The highest BCUT2D eigenvalue weighted by atomic mass is 31.2. The lowest BCUT2D eigenvalue weighted by atomic mass is 10.0. The molecule has 0 aromatic rings. The number of phosphoric ester groups is 1. The Balaban J connectivity index is 4.08. The molecule has 364 valence electrons. The molecule has 0 rings (SSSR count). The maximum Gasteiger partial charge on any atom is 0.268 e. The van der Waals surface area contributed by atoms with Crippen LogP contribution >= 0.6 is 7.82 Å². The van der Waals surface area contributed by atoms with Gasteiger partial charge in [0.1, 0.15) is 13.2 Å². The molecule has 0 aliphatic heterocycles. The SMILES string of the molecule is CC/C=C\C/C=C\C/C=C\C/C=C\C/C=C\CCCCCCCCCCCCCCCCCC(=O)NC(COP(=O)([O-])OCC[N+](C)(C)C)C(O)/C=C/CC/C=C/CCCCCC. The van der Waals surface area contributed by atoms with E-state index < -0.39 is 26.6 Å². The van der Waals surface area contributed by atoms with E-state index in [0.717, 1.165) is 70.6 Å². The molecule has 9 heteroatoms. The van der Waals surface area contributed by atoms with Crippen molar-refractivity contribution in [1.82, 2.24) is 5.32 Å². The van der Waals surface area contributed by atoms with Gasteiger partial charge in [0.25, 0.3) is 7.82 Å². The number of amides is 1. The van der Waals surface area contributed by atoms with Gasteiger partial charge in [-0.25, -0.2) is 0 Å². The van der Waals surface area contributed by atoms with Gasteiger partial charge in [-0.2, -0.15) is 0 Å². The fourth-order valence-electron chi connectivity index (χ4n) is 6.84. The number of rotatable bonds is 45. The number of nitrogens with one attached hydrogen (secondary N) is 1. The Morgan fingerprint density at radius 1 is 0.571 bits per heavy atom. The highest BCUT2D eigenvalue weighted by molar-refractivity contribution is 7.45. The Kier molecular flexibility index (Phi) is 43.2. The van der Waals surface area contributed by atoms with Crippen LogP contribution in [-0.2, 0) is 18.4 Å². The normalized spacial score (nSPS) is 14.8. The summed E-state index contributed by atoms with van der Waals surface area (Å²) in [7, 11) is 1.23. The second kappa shape index (κ2) is 44.9. The molecule has 0 saturated carbocycles. The van der Waals surface area contributed by atoms with E-state index in [2.05, 4.69) is 92.1 Å². The second-order valence-electron chi connectivity index (χ2n) is 18.1. The summed E-state index contributed by atoms with van der Waals surface area (Å²) in [6.45, 7) is 4.46. The van der Waals surface area contributed by atoms with Gasteiger partial charge < -0.3 is 28.8 Å². The number of unbranched alkanes of at least 4 members (excludes halogenated alkanes) is 20. The minimum atomic E-state index is -4.60. The Labute approximate surface area is 388 Å². The van der Waals surface area contributed by atoms with Crippen LogP contribution in [0.1, 0.15) is 200 Å². The summed E-state index contributed by atoms with van der Waals surface area (Å²) in [4.78, 5) is 25.3. The van der Waals surface area contributed by atoms with Crippen molar-refractivity contribution in [3.05, 3.63) is 85.1 Å². The molecule has 1 amide bonds. The zero-order chi connectivity index (χ0) is 46.4. The molecular formula is C54H97N2O6P. The summed E-state index contributed by atoms with van der Waals surface area (Å²) in [5.41, 5.74) is 0. The van der Waals surface area contributed by atoms with Crippen molar-refractivity contribution in [3.63, 3.8) is 0 Å². The van der Waals surface area contributed by atoms with Crippen LogP contribution in [0.5, 0.6) is 0 Å². The number of hydrogen-bond acceptors (Lipinski definition) is 6. The zero-order valence-corrected chi connectivity index (χ0v) is 42.1. The van der Waals surface area contributed by atoms with Crippen LogP contribution in [-0.4, -0.2) is 68.5 Å². The Hall–Kier alpha value is -2.32. The quantitative estimate of drug-likeness (QED) is 0.0273. The Bertz CT molecular complexity index is 1300. The molecule has 0 aromatic heterocycles. The summed E-state index contributed by atoms with van der Waals surface area (Å²) < 4.78 is 23.2. The molecule has 8 nitrogen and oxygen atoms in total. The van der Waals surface area contributed by atoms with Crippen LogP contribution in [0.2, 0.25) is 0 Å². The molecule has 3 atom stereocenters.